The third-order valence-electron chi connectivity index (χ3n) is 3.43. The molecule has 2 N–H and O–H groups in total. The summed E-state index contributed by atoms with van der Waals surface area (Å²) in [5.41, 5.74) is 6.32. The molecule has 0 aliphatic carbocycles. The number of nitrogens with zero attached hydrogens (tertiary/aromatic N) is 1. The molecule has 1 saturated heterocycles. The molecule has 0 spiro atoms. The Hall–Kier alpha value is -0.100. The third-order valence-corrected chi connectivity index (χ3v) is 5.98. The van der Waals surface area contributed by atoms with Gasteiger partial charge in [-0.15, -0.1) is 11.3 Å². The molecule has 2 atom stereocenters. The molecule has 1 aromatic rings. The van der Waals surface area contributed by atoms with Crippen LogP contribution < -0.4 is 5.73 Å². The number of rotatable bonds is 2. The standard InChI is InChI=1S/C13H18BrClN2OS/c1-7(2)17-11(18)5-3-4-9(16)12(17)10-6-8(14)13(15)19-10/h6-7,9,12H,3-5,16H2,1-2H3. The molecule has 1 aliphatic heterocycles. The molecule has 2 unspecified atom stereocenters. The van der Waals surface area contributed by atoms with Gasteiger partial charge in [-0.25, -0.2) is 0 Å². The van der Waals surface area contributed by atoms with Crippen LogP contribution >= 0.6 is 38.9 Å². The van der Waals surface area contributed by atoms with Crippen molar-refractivity contribution in [1.82, 2.24) is 4.90 Å². The summed E-state index contributed by atoms with van der Waals surface area (Å²) in [4.78, 5) is 15.3. The fraction of sp³-hybridized carbons (Fsp3) is 0.615. The number of halogens is 2. The second-order valence-corrected chi connectivity index (χ2v) is 7.71. The molecular formula is C13H18BrClN2OS. The zero-order chi connectivity index (χ0) is 14.2. The summed E-state index contributed by atoms with van der Waals surface area (Å²) in [7, 11) is 0. The van der Waals surface area contributed by atoms with Crippen molar-refractivity contribution in [3.8, 4) is 0 Å². The van der Waals surface area contributed by atoms with Crippen LogP contribution in [0.3, 0.4) is 0 Å². The molecule has 1 amide bonds. The molecular weight excluding hydrogens is 348 g/mol. The van der Waals surface area contributed by atoms with E-state index in [1.807, 2.05) is 24.8 Å². The van der Waals surface area contributed by atoms with Crippen molar-refractivity contribution in [2.24, 2.45) is 5.73 Å². The van der Waals surface area contributed by atoms with Crippen molar-refractivity contribution in [2.75, 3.05) is 0 Å². The van der Waals surface area contributed by atoms with E-state index in [2.05, 4.69) is 15.9 Å². The lowest BCUT2D eigenvalue weighted by Crippen LogP contribution is -2.45. The quantitative estimate of drug-likeness (QED) is 0.862. The van der Waals surface area contributed by atoms with Crippen LogP contribution in [0.25, 0.3) is 0 Å². The number of amides is 1. The first kappa shape index (κ1) is 15.3. The summed E-state index contributed by atoms with van der Waals surface area (Å²) in [5, 5.41) is 0. The van der Waals surface area contributed by atoms with Crippen LogP contribution in [0.2, 0.25) is 4.34 Å². The van der Waals surface area contributed by atoms with Crippen molar-refractivity contribution in [2.45, 2.75) is 51.2 Å². The minimum absolute atomic E-state index is 0.0320. The van der Waals surface area contributed by atoms with Crippen LogP contribution in [0.1, 0.15) is 44.0 Å². The van der Waals surface area contributed by atoms with E-state index in [1.165, 1.54) is 11.3 Å². The van der Waals surface area contributed by atoms with Crippen LogP contribution in [0.5, 0.6) is 0 Å². The lowest BCUT2D eigenvalue weighted by Gasteiger charge is -2.36. The number of carbonyl (C=O) groups excluding carboxylic acids is 1. The van der Waals surface area contributed by atoms with Crippen molar-refractivity contribution in [1.29, 1.82) is 0 Å². The first-order chi connectivity index (χ1) is 8.91. The molecule has 0 bridgehead atoms. The number of thiophene rings is 1. The largest absolute Gasteiger partial charge is 0.331 e. The maximum absolute atomic E-state index is 12.3. The summed E-state index contributed by atoms with van der Waals surface area (Å²) in [6.45, 7) is 4.07. The first-order valence-electron chi connectivity index (χ1n) is 6.43. The van der Waals surface area contributed by atoms with E-state index in [0.717, 1.165) is 22.2 Å². The van der Waals surface area contributed by atoms with Gasteiger partial charge in [0.05, 0.1) is 6.04 Å². The highest BCUT2D eigenvalue weighted by atomic mass is 79.9. The number of likely N-dealkylation sites (tertiary alicyclic amines) is 1. The lowest BCUT2D eigenvalue weighted by molar-refractivity contribution is -0.135. The Labute approximate surface area is 131 Å². The molecule has 2 heterocycles. The lowest BCUT2D eigenvalue weighted by atomic mass is 10.0. The Morgan fingerprint density at radius 3 is 2.79 bits per heavy atom. The Bertz CT molecular complexity index is 458. The van der Waals surface area contributed by atoms with E-state index >= 15 is 0 Å². The normalized spacial score (nSPS) is 24.9. The minimum atomic E-state index is -0.0659. The summed E-state index contributed by atoms with van der Waals surface area (Å²) < 4.78 is 1.59. The summed E-state index contributed by atoms with van der Waals surface area (Å²) in [6, 6.07) is 2.03. The smallest absolute Gasteiger partial charge is 0.223 e. The van der Waals surface area contributed by atoms with E-state index in [-0.39, 0.29) is 24.0 Å². The predicted molar refractivity (Wildman–Crippen MR) is 83.6 cm³/mol. The van der Waals surface area contributed by atoms with Gasteiger partial charge in [0.1, 0.15) is 4.34 Å². The van der Waals surface area contributed by atoms with Gasteiger partial charge in [0, 0.05) is 27.9 Å². The zero-order valence-electron chi connectivity index (χ0n) is 11.0. The maximum atomic E-state index is 12.3. The average Bonchev–Trinajstić information content (AvgIpc) is 2.55. The number of carbonyl (C=O) groups is 1. The van der Waals surface area contributed by atoms with Gasteiger partial charge in [-0.3, -0.25) is 4.79 Å². The van der Waals surface area contributed by atoms with E-state index in [9.17, 15) is 4.79 Å². The molecule has 6 heteroatoms. The van der Waals surface area contributed by atoms with Crippen LogP contribution in [0, 0.1) is 0 Å². The Balaban J connectivity index is 2.43. The highest BCUT2D eigenvalue weighted by molar-refractivity contribution is 9.10. The van der Waals surface area contributed by atoms with Gasteiger partial charge in [0.2, 0.25) is 5.91 Å². The molecule has 3 nitrogen and oxygen atoms in total. The van der Waals surface area contributed by atoms with Gasteiger partial charge in [0.15, 0.2) is 0 Å². The Morgan fingerprint density at radius 2 is 2.26 bits per heavy atom. The van der Waals surface area contributed by atoms with Crippen LogP contribution in [-0.2, 0) is 4.79 Å². The van der Waals surface area contributed by atoms with E-state index in [4.69, 9.17) is 17.3 Å². The Morgan fingerprint density at radius 1 is 1.58 bits per heavy atom. The molecule has 19 heavy (non-hydrogen) atoms. The maximum Gasteiger partial charge on any atom is 0.223 e. The van der Waals surface area contributed by atoms with Crippen molar-refractivity contribution in [3.63, 3.8) is 0 Å². The van der Waals surface area contributed by atoms with E-state index < -0.39 is 0 Å². The number of hydrogen-bond acceptors (Lipinski definition) is 3. The van der Waals surface area contributed by atoms with Crippen LogP contribution in [-0.4, -0.2) is 22.9 Å². The topological polar surface area (TPSA) is 46.3 Å². The summed E-state index contributed by atoms with van der Waals surface area (Å²) >= 11 is 11.1. The number of nitrogens with two attached hydrogens (primary N) is 1. The highest BCUT2D eigenvalue weighted by Gasteiger charge is 2.35. The van der Waals surface area contributed by atoms with Crippen LogP contribution in [0.4, 0.5) is 0 Å². The van der Waals surface area contributed by atoms with Gasteiger partial charge in [0.25, 0.3) is 0 Å². The third kappa shape index (κ3) is 3.15. The van der Waals surface area contributed by atoms with Crippen molar-refractivity contribution >= 4 is 44.8 Å². The van der Waals surface area contributed by atoms with E-state index in [0.29, 0.717) is 10.8 Å². The monoisotopic (exact) mass is 364 g/mol. The van der Waals surface area contributed by atoms with Gasteiger partial charge >= 0.3 is 0 Å². The molecule has 0 aromatic carbocycles. The highest BCUT2D eigenvalue weighted by Crippen LogP contribution is 2.40. The van der Waals surface area contributed by atoms with Crippen molar-refractivity contribution in [3.05, 3.63) is 19.8 Å². The predicted octanol–water partition coefficient (Wildman–Crippen LogP) is 3.95. The van der Waals surface area contributed by atoms with Gasteiger partial charge in [-0.1, -0.05) is 11.6 Å². The average molecular weight is 366 g/mol. The molecule has 0 radical (unpaired) electrons. The van der Waals surface area contributed by atoms with Crippen molar-refractivity contribution < 1.29 is 4.79 Å². The van der Waals surface area contributed by atoms with Gasteiger partial charge in [-0.2, -0.15) is 0 Å². The molecule has 1 fully saturated rings. The second-order valence-electron chi connectivity index (χ2n) is 5.17. The molecule has 1 aromatic heterocycles. The van der Waals surface area contributed by atoms with Gasteiger partial charge < -0.3 is 10.6 Å². The van der Waals surface area contributed by atoms with Crippen LogP contribution in [0.15, 0.2) is 10.5 Å². The molecule has 0 saturated carbocycles. The number of hydrogen-bond donors (Lipinski definition) is 1. The van der Waals surface area contributed by atoms with E-state index in [1.54, 1.807) is 0 Å². The zero-order valence-corrected chi connectivity index (χ0v) is 14.2. The summed E-state index contributed by atoms with van der Waals surface area (Å²) in [5.74, 6) is 0.189. The fourth-order valence-corrected chi connectivity index (χ4v) is 4.52. The minimum Gasteiger partial charge on any atom is -0.331 e. The molecule has 106 valence electrons. The summed E-state index contributed by atoms with van der Waals surface area (Å²) in [6.07, 6.45) is 2.31. The second kappa shape index (κ2) is 6.12. The Kier molecular flexibility index (Phi) is 4.93. The van der Waals surface area contributed by atoms with Gasteiger partial charge in [-0.05, 0) is 48.7 Å². The molecule has 1 aliphatic rings. The molecule has 2 rings (SSSR count). The fourth-order valence-electron chi connectivity index (χ4n) is 2.60. The first-order valence-corrected chi connectivity index (χ1v) is 8.42. The SMILES string of the molecule is CC(C)N1C(=O)CCCC(N)C1c1cc(Br)c(Cl)s1.